The van der Waals surface area contributed by atoms with Crippen molar-refractivity contribution in [2.45, 2.75) is 32.1 Å². The van der Waals surface area contributed by atoms with Crippen LogP contribution in [0.25, 0.3) is 0 Å². The summed E-state index contributed by atoms with van der Waals surface area (Å²) in [5, 5.41) is 13.1. The van der Waals surface area contributed by atoms with Crippen molar-refractivity contribution in [1.29, 1.82) is 5.26 Å². The fourth-order valence-electron chi connectivity index (χ4n) is 5.15. The van der Waals surface area contributed by atoms with E-state index in [0.717, 1.165) is 0 Å². The molecule has 2 aromatic rings. The first-order chi connectivity index (χ1) is 14.8. The second-order valence-electron chi connectivity index (χ2n) is 8.93. The van der Waals surface area contributed by atoms with Crippen LogP contribution >= 0.6 is 0 Å². The number of nitriles is 1. The Morgan fingerprint density at radius 3 is 2.65 bits per heavy atom. The number of hydrogen-bond donors (Lipinski definition) is 2. The van der Waals surface area contributed by atoms with Gasteiger partial charge in [0, 0.05) is 35.1 Å². The van der Waals surface area contributed by atoms with E-state index in [-0.39, 0.29) is 29.0 Å². The lowest BCUT2D eigenvalue weighted by Crippen LogP contribution is -2.52. The van der Waals surface area contributed by atoms with Gasteiger partial charge in [-0.25, -0.2) is 0 Å². The summed E-state index contributed by atoms with van der Waals surface area (Å²) in [7, 11) is 0. The fraction of sp³-hybridized carbons (Fsp3) is 0.250. The van der Waals surface area contributed by atoms with E-state index in [9.17, 15) is 14.9 Å². The first kappa shape index (κ1) is 19.1. The number of aromatic nitrogens is 1. The van der Waals surface area contributed by atoms with Gasteiger partial charge < -0.3 is 11.1 Å². The average Bonchev–Trinajstić information content (AvgIpc) is 3.00. The van der Waals surface area contributed by atoms with Crippen molar-refractivity contribution in [3.05, 3.63) is 77.0 Å². The lowest BCUT2D eigenvalue weighted by molar-refractivity contribution is -0.123. The van der Waals surface area contributed by atoms with Crippen LogP contribution in [0, 0.1) is 16.7 Å². The van der Waals surface area contributed by atoms with Crippen molar-refractivity contribution in [2.24, 2.45) is 11.1 Å². The molecule has 3 heterocycles. The van der Waals surface area contributed by atoms with E-state index in [1.54, 1.807) is 41.6 Å². The van der Waals surface area contributed by atoms with Gasteiger partial charge in [0.1, 0.15) is 17.3 Å². The number of para-hydroxylation sites is 1. The number of nitrogens with zero attached hydrogens (tertiary/aromatic N) is 3. The Morgan fingerprint density at radius 2 is 1.94 bits per heavy atom. The summed E-state index contributed by atoms with van der Waals surface area (Å²) in [5.74, 6) is -0.418. The number of carbonyl (C=O) groups excluding carboxylic acids is 2. The van der Waals surface area contributed by atoms with E-state index in [0.29, 0.717) is 34.6 Å². The number of fused-ring (bicyclic) bond motifs is 3. The first-order valence-electron chi connectivity index (χ1n) is 10.1. The van der Waals surface area contributed by atoms with Crippen molar-refractivity contribution >= 4 is 23.1 Å². The monoisotopic (exact) mass is 411 g/mol. The molecule has 1 unspecified atom stereocenters. The molecule has 3 N–H and O–H groups in total. The molecule has 1 aliphatic carbocycles. The SMILES string of the molecule is CC1(C)CC(=O)C2=C(C1)N(c1cccnc1)C(N)=C(C#N)C21C(=O)Nc2ccccc21. The van der Waals surface area contributed by atoms with Crippen LogP contribution in [0.4, 0.5) is 11.4 Å². The van der Waals surface area contributed by atoms with Crippen molar-refractivity contribution in [3.8, 4) is 6.07 Å². The molecule has 7 heteroatoms. The van der Waals surface area contributed by atoms with Crippen molar-refractivity contribution in [1.82, 2.24) is 4.98 Å². The molecule has 0 radical (unpaired) electrons. The van der Waals surface area contributed by atoms with Gasteiger partial charge in [-0.1, -0.05) is 32.0 Å². The van der Waals surface area contributed by atoms with Crippen LogP contribution in [0.2, 0.25) is 0 Å². The van der Waals surface area contributed by atoms with Crippen molar-refractivity contribution in [2.75, 3.05) is 10.2 Å². The number of anilines is 2. The normalized spacial score (nSPS) is 24.1. The Labute approximate surface area is 179 Å². The van der Waals surface area contributed by atoms with Gasteiger partial charge in [0.2, 0.25) is 5.91 Å². The second-order valence-corrected chi connectivity index (χ2v) is 8.93. The molecular weight excluding hydrogens is 390 g/mol. The third-order valence-electron chi connectivity index (χ3n) is 6.31. The number of amides is 1. The standard InChI is InChI=1S/C24H21N5O2/c1-23(2)10-18-20(19(30)11-23)24(15-7-3-4-8-17(15)28-22(24)31)16(12-25)21(26)29(18)14-6-5-9-27-13-14/h3-9,13H,10-11,26H2,1-2H3,(H,28,31). The number of rotatable bonds is 1. The summed E-state index contributed by atoms with van der Waals surface area (Å²) < 4.78 is 0. The molecule has 0 fully saturated rings. The molecule has 154 valence electrons. The number of nitrogens with one attached hydrogen (secondary N) is 1. The zero-order valence-corrected chi connectivity index (χ0v) is 17.3. The summed E-state index contributed by atoms with van der Waals surface area (Å²) in [4.78, 5) is 33.1. The Bertz CT molecular complexity index is 1250. The highest BCUT2D eigenvalue weighted by atomic mass is 16.2. The molecule has 7 nitrogen and oxygen atoms in total. The lowest BCUT2D eigenvalue weighted by Gasteiger charge is -2.46. The largest absolute Gasteiger partial charge is 0.384 e. The Balaban J connectivity index is 1.91. The minimum atomic E-state index is -1.54. The highest BCUT2D eigenvalue weighted by Crippen LogP contribution is 2.56. The van der Waals surface area contributed by atoms with Crippen LogP contribution in [0.1, 0.15) is 32.3 Å². The molecule has 1 aromatic carbocycles. The molecular formula is C24H21N5O2. The molecule has 3 aliphatic rings. The lowest BCUT2D eigenvalue weighted by atomic mass is 9.61. The zero-order valence-electron chi connectivity index (χ0n) is 17.3. The van der Waals surface area contributed by atoms with Crippen LogP contribution in [0.5, 0.6) is 0 Å². The Hall–Kier alpha value is -3.92. The molecule has 0 saturated heterocycles. The summed E-state index contributed by atoms with van der Waals surface area (Å²) >= 11 is 0. The molecule has 2 aliphatic heterocycles. The Kier molecular flexibility index (Phi) is 3.87. The third-order valence-corrected chi connectivity index (χ3v) is 6.31. The maximum Gasteiger partial charge on any atom is 0.245 e. The van der Waals surface area contributed by atoms with Crippen LogP contribution in [0.15, 0.2) is 71.5 Å². The molecule has 0 saturated carbocycles. The quantitative estimate of drug-likeness (QED) is 0.746. The van der Waals surface area contributed by atoms with Gasteiger partial charge in [-0.3, -0.25) is 19.5 Å². The zero-order chi connectivity index (χ0) is 22.0. The van der Waals surface area contributed by atoms with Crippen LogP contribution < -0.4 is 16.0 Å². The second kappa shape index (κ2) is 6.29. The Morgan fingerprint density at radius 1 is 1.16 bits per heavy atom. The predicted molar refractivity (Wildman–Crippen MR) is 115 cm³/mol. The van der Waals surface area contributed by atoms with Gasteiger partial charge in [-0.05, 0) is 30.0 Å². The molecule has 1 spiro atoms. The van der Waals surface area contributed by atoms with Crippen LogP contribution in [0.3, 0.4) is 0 Å². The minimum absolute atomic E-state index is 0.0607. The van der Waals surface area contributed by atoms with Crippen LogP contribution in [-0.2, 0) is 15.0 Å². The summed E-state index contributed by atoms with van der Waals surface area (Å²) in [5.41, 5.74) is 7.62. The third kappa shape index (κ3) is 2.42. The summed E-state index contributed by atoms with van der Waals surface area (Å²) in [6, 6.07) is 12.9. The van der Waals surface area contributed by atoms with E-state index in [1.807, 2.05) is 26.0 Å². The minimum Gasteiger partial charge on any atom is -0.384 e. The van der Waals surface area contributed by atoms with Gasteiger partial charge in [0.25, 0.3) is 0 Å². The van der Waals surface area contributed by atoms with Gasteiger partial charge in [-0.2, -0.15) is 5.26 Å². The number of pyridine rings is 1. The molecule has 1 aromatic heterocycles. The fourth-order valence-corrected chi connectivity index (χ4v) is 5.15. The van der Waals surface area contributed by atoms with E-state index < -0.39 is 11.3 Å². The number of ketones is 1. The number of nitrogens with two attached hydrogens (primary N) is 1. The van der Waals surface area contributed by atoms with Gasteiger partial charge in [0.05, 0.1) is 17.5 Å². The van der Waals surface area contributed by atoms with E-state index in [4.69, 9.17) is 5.73 Å². The van der Waals surface area contributed by atoms with E-state index >= 15 is 0 Å². The first-order valence-corrected chi connectivity index (χ1v) is 10.1. The van der Waals surface area contributed by atoms with E-state index in [2.05, 4.69) is 16.4 Å². The molecule has 31 heavy (non-hydrogen) atoms. The van der Waals surface area contributed by atoms with Crippen LogP contribution in [-0.4, -0.2) is 16.7 Å². The average molecular weight is 411 g/mol. The maximum atomic E-state index is 13.7. The predicted octanol–water partition coefficient (Wildman–Crippen LogP) is 3.13. The number of benzene rings is 1. The molecule has 1 amide bonds. The molecule has 1 atom stereocenters. The topological polar surface area (TPSA) is 112 Å². The van der Waals surface area contributed by atoms with Crippen molar-refractivity contribution in [3.63, 3.8) is 0 Å². The number of hydrogen-bond acceptors (Lipinski definition) is 6. The molecule has 0 bridgehead atoms. The van der Waals surface area contributed by atoms with E-state index in [1.165, 1.54) is 0 Å². The maximum absolute atomic E-state index is 13.7. The molecule has 5 rings (SSSR count). The highest BCUT2D eigenvalue weighted by molar-refractivity contribution is 6.20. The summed E-state index contributed by atoms with van der Waals surface area (Å²) in [6.07, 6.45) is 4.09. The van der Waals surface area contributed by atoms with Gasteiger partial charge >= 0.3 is 0 Å². The van der Waals surface area contributed by atoms with Gasteiger partial charge in [0.15, 0.2) is 5.78 Å². The number of allylic oxidation sites excluding steroid dienone is 1. The number of carbonyl (C=O) groups is 2. The smallest absolute Gasteiger partial charge is 0.245 e. The highest BCUT2D eigenvalue weighted by Gasteiger charge is 2.61. The van der Waals surface area contributed by atoms with Gasteiger partial charge in [-0.15, -0.1) is 0 Å². The number of Topliss-reactive ketones (excluding diaryl/α,β-unsaturated/α-hetero) is 1. The van der Waals surface area contributed by atoms with Crippen molar-refractivity contribution < 1.29 is 9.59 Å². The summed E-state index contributed by atoms with van der Waals surface area (Å²) in [6.45, 7) is 4.04.